The smallest absolute Gasteiger partial charge is 0.462 e. The molecule has 72 heavy (non-hydrogen) atoms. The molecule has 0 heterocycles. The van der Waals surface area contributed by atoms with Crippen LogP contribution in [0.4, 0.5) is 0 Å². The van der Waals surface area contributed by atoms with Crippen LogP contribution in [0.1, 0.15) is 213 Å². The van der Waals surface area contributed by atoms with Gasteiger partial charge in [0, 0.05) is 19.3 Å². The Kier molecular flexibility index (Phi) is 50.6. The van der Waals surface area contributed by atoms with Crippen LogP contribution in [0.2, 0.25) is 0 Å². The lowest BCUT2D eigenvalue weighted by molar-refractivity contribution is -0.161. The molecule has 12 heteroatoms. The largest absolute Gasteiger partial charge is 0.472 e. The van der Waals surface area contributed by atoms with Crippen molar-refractivity contribution in [3.05, 3.63) is 109 Å². The highest BCUT2D eigenvalue weighted by molar-refractivity contribution is 7.47. The number of allylic oxidation sites excluding steroid dienone is 18. The van der Waals surface area contributed by atoms with Gasteiger partial charge in [0.1, 0.15) is 12.7 Å². The van der Waals surface area contributed by atoms with E-state index in [-0.39, 0.29) is 25.9 Å². The number of esters is 3. The molecule has 0 amide bonds. The van der Waals surface area contributed by atoms with Gasteiger partial charge in [-0.1, -0.05) is 188 Å². The van der Waals surface area contributed by atoms with Gasteiger partial charge in [0.05, 0.1) is 19.8 Å². The summed E-state index contributed by atoms with van der Waals surface area (Å²) in [5.41, 5.74) is 0. The molecule has 0 aromatic rings. The van der Waals surface area contributed by atoms with Crippen molar-refractivity contribution in [2.45, 2.75) is 226 Å². The highest BCUT2D eigenvalue weighted by Crippen LogP contribution is 2.43. The Morgan fingerprint density at radius 1 is 0.403 bits per heavy atom. The lowest BCUT2D eigenvalue weighted by atomic mass is 10.1. The molecular weight excluding hydrogens is 928 g/mol. The van der Waals surface area contributed by atoms with E-state index < -0.39 is 57.8 Å². The van der Waals surface area contributed by atoms with E-state index >= 15 is 0 Å². The topological polar surface area (TPSA) is 155 Å². The molecule has 3 unspecified atom stereocenters. The minimum absolute atomic E-state index is 0.119. The molecule has 0 aliphatic rings. The second-order valence-electron chi connectivity index (χ2n) is 18.0. The van der Waals surface area contributed by atoms with Gasteiger partial charge < -0.3 is 24.2 Å². The van der Waals surface area contributed by atoms with Crippen LogP contribution >= 0.6 is 7.82 Å². The van der Waals surface area contributed by atoms with E-state index in [1.807, 2.05) is 0 Å². The lowest BCUT2D eigenvalue weighted by Gasteiger charge is -2.21. The normalized spacial score (nSPS) is 14.2. The first-order valence-corrected chi connectivity index (χ1v) is 29.3. The summed E-state index contributed by atoms with van der Waals surface area (Å²) in [7, 11) is -4.77. The van der Waals surface area contributed by atoms with Crippen LogP contribution in [-0.4, -0.2) is 66.5 Å². The predicted molar refractivity (Wildman–Crippen MR) is 297 cm³/mol. The quantitative estimate of drug-likeness (QED) is 0.0197. The van der Waals surface area contributed by atoms with Gasteiger partial charge in [-0.3, -0.25) is 23.4 Å². The summed E-state index contributed by atoms with van der Waals surface area (Å²) < 4.78 is 39.4. The van der Waals surface area contributed by atoms with Crippen molar-refractivity contribution in [1.82, 2.24) is 0 Å². The molecular formula is C60H99O11P. The number of hydrogen-bond acceptors (Lipinski definition) is 10. The van der Waals surface area contributed by atoms with Gasteiger partial charge in [-0.15, -0.1) is 0 Å². The monoisotopic (exact) mass is 1030 g/mol. The van der Waals surface area contributed by atoms with Crippen molar-refractivity contribution in [1.29, 1.82) is 0 Å². The number of ether oxygens (including phenoxy) is 3. The Bertz CT molecular complexity index is 1620. The van der Waals surface area contributed by atoms with Crippen LogP contribution in [0.3, 0.4) is 0 Å². The van der Waals surface area contributed by atoms with E-state index in [0.29, 0.717) is 19.3 Å². The van der Waals surface area contributed by atoms with Crippen LogP contribution < -0.4 is 0 Å². The summed E-state index contributed by atoms with van der Waals surface area (Å²) in [6.45, 7) is 4.31. The van der Waals surface area contributed by atoms with Gasteiger partial charge in [0.2, 0.25) is 0 Å². The molecule has 0 aliphatic heterocycles. The molecule has 0 aromatic heterocycles. The molecule has 0 bridgehead atoms. The first-order valence-electron chi connectivity index (χ1n) is 27.8. The standard InChI is InChI=1S/C60H99O11P/c1-4-7-10-13-16-19-22-25-26-27-28-29-30-33-36-39-42-45-48-51-60(64)71-57(53-67-58(62)49-46-43-40-37-34-31-23-20-17-14-11-8-5-2)55-69-72(65,66)68-54-56(52-61)70-59(63)50-47-44-41-38-35-32-24-21-18-15-12-9-6-3/h7,10-12,14-16,19-21,23-26,28-29,33,36,56-57,61H,4-6,8-9,13,17-18,22,27,30-32,34-35,37-55H2,1-3H3,(H,65,66)/b10-7-,14-11-,15-12-,19-16-,23-20-,24-21-,26-25-,29-28-,36-33-. The van der Waals surface area contributed by atoms with Gasteiger partial charge in [0.15, 0.2) is 6.10 Å². The van der Waals surface area contributed by atoms with Crippen molar-refractivity contribution >= 4 is 25.7 Å². The number of phosphoric ester groups is 1. The molecule has 2 N–H and O–H groups in total. The Morgan fingerprint density at radius 3 is 1.12 bits per heavy atom. The lowest BCUT2D eigenvalue weighted by Crippen LogP contribution is -2.30. The van der Waals surface area contributed by atoms with Crippen molar-refractivity contribution < 1.29 is 52.2 Å². The molecule has 0 rings (SSSR count). The number of carbonyl (C=O) groups excluding carboxylic acids is 3. The molecule has 0 aliphatic carbocycles. The second kappa shape index (κ2) is 53.4. The zero-order valence-corrected chi connectivity index (χ0v) is 46.0. The Hall–Kier alpha value is -3.86. The maximum atomic E-state index is 12.9. The summed E-state index contributed by atoms with van der Waals surface area (Å²) in [6, 6.07) is 0. The van der Waals surface area contributed by atoms with Gasteiger partial charge >= 0.3 is 25.7 Å². The summed E-state index contributed by atoms with van der Waals surface area (Å²) in [6.07, 6.45) is 63.3. The van der Waals surface area contributed by atoms with Crippen molar-refractivity contribution in [2.75, 3.05) is 26.4 Å². The number of unbranched alkanes of at least 4 members (excludes halogenated alkanes) is 15. The minimum atomic E-state index is -4.77. The predicted octanol–water partition coefficient (Wildman–Crippen LogP) is 16.2. The Balaban J connectivity index is 4.83. The third kappa shape index (κ3) is 51.1. The van der Waals surface area contributed by atoms with Gasteiger partial charge in [-0.25, -0.2) is 4.57 Å². The average Bonchev–Trinajstić information content (AvgIpc) is 3.37. The Morgan fingerprint density at radius 2 is 0.722 bits per heavy atom. The second-order valence-corrected chi connectivity index (χ2v) is 19.5. The van der Waals surface area contributed by atoms with Crippen LogP contribution in [0.25, 0.3) is 0 Å². The first kappa shape index (κ1) is 68.1. The van der Waals surface area contributed by atoms with Crippen LogP contribution in [0.15, 0.2) is 109 Å². The van der Waals surface area contributed by atoms with E-state index in [1.54, 1.807) is 0 Å². The van der Waals surface area contributed by atoms with Gasteiger partial charge in [-0.05, 0) is 116 Å². The molecule has 410 valence electrons. The van der Waals surface area contributed by atoms with Gasteiger partial charge in [-0.2, -0.15) is 0 Å². The van der Waals surface area contributed by atoms with Gasteiger partial charge in [0.25, 0.3) is 0 Å². The number of rotatable bonds is 50. The van der Waals surface area contributed by atoms with E-state index in [2.05, 4.69) is 130 Å². The maximum Gasteiger partial charge on any atom is 0.472 e. The SMILES string of the molecule is CC/C=C\C/C=C\C/C=C\C/C=C\C/C=C\CCCCCC(=O)OC(COC(=O)CCCCCCC/C=C\C/C=C\CCC)COP(=O)(O)OCC(CO)OC(=O)CCCCCCC/C=C\C/C=C\CCC. The number of phosphoric acid groups is 1. The first-order chi connectivity index (χ1) is 35.2. The van der Waals surface area contributed by atoms with Crippen molar-refractivity contribution in [3.8, 4) is 0 Å². The number of aliphatic hydroxyl groups excluding tert-OH is 1. The van der Waals surface area contributed by atoms with E-state index in [1.165, 1.54) is 0 Å². The molecule has 0 fully saturated rings. The summed E-state index contributed by atoms with van der Waals surface area (Å²) >= 11 is 0. The fraction of sp³-hybridized carbons (Fsp3) is 0.650. The average molecular weight is 1030 g/mol. The molecule has 11 nitrogen and oxygen atoms in total. The fourth-order valence-corrected chi connectivity index (χ4v) is 7.71. The molecule has 0 saturated heterocycles. The highest BCUT2D eigenvalue weighted by Gasteiger charge is 2.28. The van der Waals surface area contributed by atoms with Crippen LogP contribution in [0.5, 0.6) is 0 Å². The van der Waals surface area contributed by atoms with Crippen molar-refractivity contribution in [3.63, 3.8) is 0 Å². The molecule has 0 radical (unpaired) electrons. The van der Waals surface area contributed by atoms with E-state index in [9.17, 15) is 28.9 Å². The van der Waals surface area contributed by atoms with E-state index in [4.69, 9.17) is 23.3 Å². The van der Waals surface area contributed by atoms with E-state index in [0.717, 1.165) is 154 Å². The molecule has 0 saturated carbocycles. The molecule has 0 aromatic carbocycles. The third-order valence-electron chi connectivity index (χ3n) is 11.1. The minimum Gasteiger partial charge on any atom is -0.462 e. The molecule has 0 spiro atoms. The zero-order chi connectivity index (χ0) is 52.7. The zero-order valence-electron chi connectivity index (χ0n) is 45.1. The summed E-state index contributed by atoms with van der Waals surface area (Å²) in [5, 5.41) is 9.79. The molecule has 3 atom stereocenters. The van der Waals surface area contributed by atoms with Crippen LogP contribution in [-0.2, 0) is 42.2 Å². The Labute approximate surface area is 437 Å². The third-order valence-corrected chi connectivity index (χ3v) is 12.1. The van der Waals surface area contributed by atoms with Crippen molar-refractivity contribution in [2.24, 2.45) is 0 Å². The number of aliphatic hydroxyl groups is 1. The maximum absolute atomic E-state index is 12.9. The highest BCUT2D eigenvalue weighted by atomic mass is 31.2. The fourth-order valence-electron chi connectivity index (χ4n) is 6.93. The number of hydrogen-bond donors (Lipinski definition) is 2. The summed E-state index contributed by atoms with van der Waals surface area (Å²) in [5.74, 6) is -1.55. The number of carbonyl (C=O) groups is 3. The van der Waals surface area contributed by atoms with Crippen LogP contribution in [0, 0.1) is 0 Å². The summed E-state index contributed by atoms with van der Waals surface area (Å²) in [4.78, 5) is 48.4.